The third kappa shape index (κ3) is 3.95. The number of halogens is 1. The topological polar surface area (TPSA) is 69.2 Å². The van der Waals surface area contributed by atoms with Crippen molar-refractivity contribution in [3.05, 3.63) is 34.9 Å². The van der Waals surface area contributed by atoms with Crippen LogP contribution in [0.25, 0.3) is 5.57 Å². The lowest BCUT2D eigenvalue weighted by Crippen LogP contribution is -2.38. The summed E-state index contributed by atoms with van der Waals surface area (Å²) in [7, 11) is 0. The SMILES string of the molecule is C=C(C=C(CC)C(=O)O)c1nc(CCN2CCC2)[nH]c1Cl. The molecule has 0 bridgehead atoms. The first-order chi connectivity index (χ1) is 10.0. The second kappa shape index (κ2) is 6.91. The van der Waals surface area contributed by atoms with Crippen LogP contribution >= 0.6 is 11.6 Å². The molecule has 0 amide bonds. The van der Waals surface area contributed by atoms with Crippen molar-refractivity contribution in [2.24, 2.45) is 0 Å². The number of rotatable bonds is 7. The highest BCUT2D eigenvalue weighted by molar-refractivity contribution is 6.31. The van der Waals surface area contributed by atoms with E-state index < -0.39 is 5.97 Å². The number of nitrogens with one attached hydrogen (secondary N) is 1. The van der Waals surface area contributed by atoms with E-state index >= 15 is 0 Å². The molecule has 0 saturated carbocycles. The van der Waals surface area contributed by atoms with E-state index in [2.05, 4.69) is 21.4 Å². The van der Waals surface area contributed by atoms with Crippen molar-refractivity contribution in [1.29, 1.82) is 0 Å². The molecule has 0 aromatic carbocycles. The van der Waals surface area contributed by atoms with Crippen molar-refractivity contribution in [3.63, 3.8) is 0 Å². The number of aromatic nitrogens is 2. The van der Waals surface area contributed by atoms with Gasteiger partial charge in [-0.05, 0) is 37.6 Å². The van der Waals surface area contributed by atoms with E-state index in [1.165, 1.54) is 12.5 Å². The van der Waals surface area contributed by atoms with Gasteiger partial charge in [-0.15, -0.1) is 0 Å². The van der Waals surface area contributed by atoms with E-state index in [1.807, 2.05) is 0 Å². The van der Waals surface area contributed by atoms with Crippen molar-refractivity contribution >= 4 is 23.1 Å². The highest BCUT2D eigenvalue weighted by atomic mass is 35.5. The van der Waals surface area contributed by atoms with Crippen LogP contribution in [0.3, 0.4) is 0 Å². The molecule has 2 N–H and O–H groups in total. The zero-order valence-corrected chi connectivity index (χ0v) is 12.9. The lowest BCUT2D eigenvalue weighted by atomic mass is 10.1. The highest BCUT2D eigenvalue weighted by Gasteiger charge is 2.16. The van der Waals surface area contributed by atoms with Crippen LogP contribution in [0.1, 0.15) is 31.3 Å². The van der Waals surface area contributed by atoms with E-state index in [9.17, 15) is 4.79 Å². The Morgan fingerprint density at radius 2 is 2.29 bits per heavy atom. The van der Waals surface area contributed by atoms with Gasteiger partial charge in [0, 0.05) is 18.5 Å². The average Bonchev–Trinajstić information content (AvgIpc) is 2.74. The molecule has 0 aliphatic carbocycles. The maximum Gasteiger partial charge on any atom is 0.331 e. The Morgan fingerprint density at radius 1 is 1.57 bits per heavy atom. The van der Waals surface area contributed by atoms with Crippen LogP contribution in [0.4, 0.5) is 0 Å². The summed E-state index contributed by atoms with van der Waals surface area (Å²) in [4.78, 5) is 20.9. The molecule has 5 nitrogen and oxygen atoms in total. The quantitative estimate of drug-likeness (QED) is 0.600. The van der Waals surface area contributed by atoms with Gasteiger partial charge in [0.25, 0.3) is 0 Å². The first kappa shape index (κ1) is 15.8. The number of hydrogen-bond acceptors (Lipinski definition) is 3. The predicted octanol–water partition coefficient (Wildman–Crippen LogP) is 2.75. The fourth-order valence-electron chi connectivity index (χ4n) is 2.19. The lowest BCUT2D eigenvalue weighted by Gasteiger charge is -2.30. The van der Waals surface area contributed by atoms with Crippen LogP contribution in [0, 0.1) is 0 Å². The smallest absolute Gasteiger partial charge is 0.331 e. The van der Waals surface area contributed by atoms with Crippen molar-refractivity contribution < 1.29 is 9.90 Å². The Labute approximate surface area is 129 Å². The van der Waals surface area contributed by atoms with Crippen LogP contribution in [-0.4, -0.2) is 45.6 Å². The second-order valence-electron chi connectivity index (χ2n) is 5.14. The molecule has 1 fully saturated rings. The molecule has 1 saturated heterocycles. The first-order valence-corrected chi connectivity index (χ1v) is 7.49. The summed E-state index contributed by atoms with van der Waals surface area (Å²) >= 11 is 6.14. The maximum absolute atomic E-state index is 11.0. The Bertz CT molecular complexity index is 573. The zero-order valence-electron chi connectivity index (χ0n) is 12.2. The van der Waals surface area contributed by atoms with Crippen LogP contribution in [-0.2, 0) is 11.2 Å². The maximum atomic E-state index is 11.0. The molecule has 2 heterocycles. The lowest BCUT2D eigenvalue weighted by molar-refractivity contribution is -0.132. The minimum absolute atomic E-state index is 0.293. The molecule has 1 aromatic heterocycles. The minimum Gasteiger partial charge on any atom is -0.478 e. The molecular formula is C15H20ClN3O2. The van der Waals surface area contributed by atoms with Crippen molar-refractivity contribution in [1.82, 2.24) is 14.9 Å². The number of carbonyl (C=O) groups is 1. The predicted molar refractivity (Wildman–Crippen MR) is 83.4 cm³/mol. The summed E-state index contributed by atoms with van der Waals surface area (Å²) in [5.41, 5.74) is 1.34. The van der Waals surface area contributed by atoms with Crippen molar-refractivity contribution in [2.45, 2.75) is 26.2 Å². The largest absolute Gasteiger partial charge is 0.478 e. The van der Waals surface area contributed by atoms with Gasteiger partial charge >= 0.3 is 5.97 Å². The number of carboxylic acids is 1. The first-order valence-electron chi connectivity index (χ1n) is 7.11. The van der Waals surface area contributed by atoms with Gasteiger partial charge < -0.3 is 15.0 Å². The summed E-state index contributed by atoms with van der Waals surface area (Å²) < 4.78 is 0. The Balaban J connectivity index is 2.06. The summed E-state index contributed by atoms with van der Waals surface area (Å²) in [5.74, 6) is -0.131. The molecule has 6 heteroatoms. The fraction of sp³-hybridized carbons (Fsp3) is 0.467. The van der Waals surface area contributed by atoms with Gasteiger partial charge in [0.2, 0.25) is 0 Å². The van der Waals surface area contributed by atoms with E-state index in [0.717, 1.165) is 31.9 Å². The van der Waals surface area contributed by atoms with Crippen LogP contribution in [0.5, 0.6) is 0 Å². The molecule has 0 spiro atoms. The fourth-order valence-corrected chi connectivity index (χ4v) is 2.46. The molecular weight excluding hydrogens is 290 g/mol. The Morgan fingerprint density at radius 3 is 2.81 bits per heavy atom. The monoisotopic (exact) mass is 309 g/mol. The number of aromatic amines is 1. The third-order valence-electron chi connectivity index (χ3n) is 3.63. The number of nitrogens with zero attached hydrogens (tertiary/aromatic N) is 2. The van der Waals surface area contributed by atoms with Crippen LogP contribution < -0.4 is 0 Å². The molecule has 21 heavy (non-hydrogen) atoms. The van der Waals surface area contributed by atoms with Gasteiger partial charge in [-0.3, -0.25) is 0 Å². The van der Waals surface area contributed by atoms with Gasteiger partial charge in [0.1, 0.15) is 16.7 Å². The second-order valence-corrected chi connectivity index (χ2v) is 5.52. The van der Waals surface area contributed by atoms with E-state index in [-0.39, 0.29) is 0 Å². The Hall–Kier alpha value is -1.59. The minimum atomic E-state index is -0.941. The average molecular weight is 310 g/mol. The standard InChI is InChI=1S/C15H20ClN3O2/c1-3-11(15(20)21)9-10(2)13-14(16)18-12(17-13)5-8-19-6-4-7-19/h9H,2-8H2,1H3,(H,17,18)(H,20,21). The van der Waals surface area contributed by atoms with E-state index in [0.29, 0.717) is 28.4 Å². The molecule has 114 valence electrons. The van der Waals surface area contributed by atoms with Crippen molar-refractivity contribution in [2.75, 3.05) is 19.6 Å². The number of H-pyrrole nitrogens is 1. The molecule has 1 aromatic rings. The van der Waals surface area contributed by atoms with Crippen molar-refractivity contribution in [3.8, 4) is 0 Å². The summed E-state index contributed by atoms with van der Waals surface area (Å²) in [6.07, 6.45) is 4.03. The highest BCUT2D eigenvalue weighted by Crippen LogP contribution is 2.23. The van der Waals surface area contributed by atoms with Gasteiger partial charge in [-0.2, -0.15) is 0 Å². The summed E-state index contributed by atoms with van der Waals surface area (Å²) in [5, 5.41) is 9.46. The normalized spacial score (nSPS) is 15.8. The van der Waals surface area contributed by atoms with Crippen LogP contribution in [0.15, 0.2) is 18.2 Å². The summed E-state index contributed by atoms with van der Waals surface area (Å²) in [6.45, 7) is 8.92. The van der Waals surface area contributed by atoms with Gasteiger partial charge in [0.15, 0.2) is 0 Å². The molecule has 1 aliphatic heterocycles. The molecule has 2 rings (SSSR count). The van der Waals surface area contributed by atoms with Gasteiger partial charge in [-0.1, -0.05) is 25.1 Å². The zero-order chi connectivity index (χ0) is 15.4. The number of hydrogen-bond donors (Lipinski definition) is 2. The van der Waals surface area contributed by atoms with Gasteiger partial charge in [0.05, 0.1) is 0 Å². The number of carboxylic acid groups (broad SMARTS) is 1. The number of imidazole rings is 1. The number of likely N-dealkylation sites (tertiary alicyclic amines) is 1. The van der Waals surface area contributed by atoms with E-state index in [1.54, 1.807) is 6.92 Å². The number of aliphatic carboxylic acids is 1. The Kier molecular flexibility index (Phi) is 5.20. The molecule has 1 aliphatic rings. The van der Waals surface area contributed by atoms with Crippen LogP contribution in [0.2, 0.25) is 5.15 Å². The van der Waals surface area contributed by atoms with Gasteiger partial charge in [-0.25, -0.2) is 9.78 Å². The molecule has 0 atom stereocenters. The summed E-state index contributed by atoms with van der Waals surface area (Å²) in [6, 6.07) is 0. The molecule has 0 radical (unpaired) electrons. The number of allylic oxidation sites excluding steroid dienone is 2. The van der Waals surface area contributed by atoms with E-state index in [4.69, 9.17) is 16.7 Å². The molecule has 0 unspecified atom stereocenters. The third-order valence-corrected chi connectivity index (χ3v) is 3.90.